The number of aryl methyl sites for hydroxylation is 2. The standard InChI is InChI=1S/C15H23NO3S/c1-12-7-8-13(2)15(11-12)20(18,19)16-9-3-5-14(16)6-4-10-17/h7-8,11,14,17H,3-6,9-10H2,1-2H3. The monoisotopic (exact) mass is 297 g/mol. The number of rotatable bonds is 5. The van der Waals surface area contributed by atoms with Crippen molar-refractivity contribution in [2.24, 2.45) is 0 Å². The van der Waals surface area contributed by atoms with Crippen LogP contribution in [-0.2, 0) is 10.0 Å². The molecule has 5 heteroatoms. The first kappa shape index (κ1) is 15.5. The van der Waals surface area contributed by atoms with Gasteiger partial charge in [0.15, 0.2) is 0 Å². The third-order valence-electron chi connectivity index (χ3n) is 3.95. The number of aliphatic hydroxyl groups is 1. The fourth-order valence-corrected chi connectivity index (χ4v) is 4.89. The molecule has 2 rings (SSSR count). The maximum Gasteiger partial charge on any atom is 0.243 e. The van der Waals surface area contributed by atoms with E-state index in [9.17, 15) is 8.42 Å². The number of hydrogen-bond donors (Lipinski definition) is 1. The van der Waals surface area contributed by atoms with Crippen molar-refractivity contribution in [1.82, 2.24) is 4.31 Å². The normalized spacial score (nSPS) is 20.4. The fraction of sp³-hybridized carbons (Fsp3) is 0.600. The molecule has 1 heterocycles. The van der Waals surface area contributed by atoms with Gasteiger partial charge in [0, 0.05) is 19.2 Å². The van der Waals surface area contributed by atoms with Crippen molar-refractivity contribution in [3.8, 4) is 0 Å². The molecule has 1 aliphatic rings. The van der Waals surface area contributed by atoms with E-state index in [2.05, 4.69) is 0 Å². The molecule has 0 aliphatic carbocycles. The molecule has 0 spiro atoms. The van der Waals surface area contributed by atoms with Crippen LogP contribution in [0.5, 0.6) is 0 Å². The molecule has 1 aromatic rings. The molecule has 4 nitrogen and oxygen atoms in total. The van der Waals surface area contributed by atoms with Gasteiger partial charge in [0.25, 0.3) is 0 Å². The molecule has 1 aliphatic heterocycles. The molecule has 1 atom stereocenters. The SMILES string of the molecule is Cc1ccc(C)c(S(=O)(=O)N2CCCC2CCCO)c1. The molecular weight excluding hydrogens is 274 g/mol. The summed E-state index contributed by atoms with van der Waals surface area (Å²) in [6.45, 7) is 4.45. The first-order chi connectivity index (χ1) is 9.46. The van der Waals surface area contributed by atoms with E-state index in [0.29, 0.717) is 17.9 Å². The van der Waals surface area contributed by atoms with E-state index in [1.807, 2.05) is 26.0 Å². The van der Waals surface area contributed by atoms with E-state index in [4.69, 9.17) is 5.11 Å². The van der Waals surface area contributed by atoms with Gasteiger partial charge in [0.1, 0.15) is 0 Å². The largest absolute Gasteiger partial charge is 0.396 e. The minimum atomic E-state index is -3.42. The summed E-state index contributed by atoms with van der Waals surface area (Å²) in [5.41, 5.74) is 1.75. The summed E-state index contributed by atoms with van der Waals surface area (Å²) in [4.78, 5) is 0.424. The lowest BCUT2D eigenvalue weighted by Crippen LogP contribution is -2.36. The molecule has 0 aromatic heterocycles. The van der Waals surface area contributed by atoms with Crippen LogP contribution in [0.15, 0.2) is 23.1 Å². The number of aliphatic hydroxyl groups excluding tert-OH is 1. The van der Waals surface area contributed by atoms with Crippen LogP contribution in [0.3, 0.4) is 0 Å². The Morgan fingerprint density at radius 2 is 2.10 bits per heavy atom. The van der Waals surface area contributed by atoms with Crippen molar-refractivity contribution in [2.45, 2.75) is 50.5 Å². The highest BCUT2D eigenvalue weighted by molar-refractivity contribution is 7.89. The highest BCUT2D eigenvalue weighted by Gasteiger charge is 2.35. The van der Waals surface area contributed by atoms with Crippen molar-refractivity contribution >= 4 is 10.0 Å². The Kier molecular flexibility index (Phi) is 4.83. The van der Waals surface area contributed by atoms with E-state index in [1.165, 1.54) is 0 Å². The van der Waals surface area contributed by atoms with Gasteiger partial charge in [0.05, 0.1) is 4.90 Å². The first-order valence-corrected chi connectivity index (χ1v) is 8.61. The summed E-state index contributed by atoms with van der Waals surface area (Å²) in [6.07, 6.45) is 3.19. The van der Waals surface area contributed by atoms with Gasteiger partial charge < -0.3 is 5.11 Å². The molecule has 1 N–H and O–H groups in total. The van der Waals surface area contributed by atoms with E-state index < -0.39 is 10.0 Å². The van der Waals surface area contributed by atoms with Crippen LogP contribution in [-0.4, -0.2) is 37.0 Å². The molecule has 1 saturated heterocycles. The van der Waals surface area contributed by atoms with Crippen LogP contribution in [0.25, 0.3) is 0 Å². The minimum Gasteiger partial charge on any atom is -0.396 e. The number of hydrogen-bond acceptors (Lipinski definition) is 3. The van der Waals surface area contributed by atoms with Crippen molar-refractivity contribution in [3.05, 3.63) is 29.3 Å². The van der Waals surface area contributed by atoms with Crippen molar-refractivity contribution in [1.29, 1.82) is 0 Å². The summed E-state index contributed by atoms with van der Waals surface area (Å²) in [6, 6.07) is 5.58. The topological polar surface area (TPSA) is 57.6 Å². The van der Waals surface area contributed by atoms with E-state index in [1.54, 1.807) is 10.4 Å². The third kappa shape index (κ3) is 3.05. The number of benzene rings is 1. The van der Waals surface area contributed by atoms with Crippen LogP contribution >= 0.6 is 0 Å². The predicted octanol–water partition coefficient (Wildman–Crippen LogP) is 2.23. The maximum atomic E-state index is 12.8. The van der Waals surface area contributed by atoms with Crippen LogP contribution in [0.1, 0.15) is 36.8 Å². The maximum absolute atomic E-state index is 12.8. The second kappa shape index (κ2) is 6.24. The fourth-order valence-electron chi connectivity index (χ4n) is 2.85. The minimum absolute atomic E-state index is 0.0343. The average Bonchev–Trinajstić information content (AvgIpc) is 2.88. The third-order valence-corrected chi connectivity index (χ3v) is 6.04. The van der Waals surface area contributed by atoms with Gasteiger partial charge in [-0.1, -0.05) is 12.1 Å². The quantitative estimate of drug-likeness (QED) is 0.906. The Morgan fingerprint density at radius 1 is 1.35 bits per heavy atom. The van der Waals surface area contributed by atoms with E-state index >= 15 is 0 Å². The molecule has 112 valence electrons. The zero-order valence-corrected chi connectivity index (χ0v) is 13.0. The summed E-state index contributed by atoms with van der Waals surface area (Å²) < 4.78 is 27.3. The summed E-state index contributed by atoms with van der Waals surface area (Å²) in [5.74, 6) is 0. The summed E-state index contributed by atoms with van der Waals surface area (Å²) in [5, 5.41) is 8.95. The Hall–Kier alpha value is -0.910. The second-order valence-electron chi connectivity index (χ2n) is 5.55. The highest BCUT2D eigenvalue weighted by atomic mass is 32.2. The Morgan fingerprint density at radius 3 is 2.80 bits per heavy atom. The average molecular weight is 297 g/mol. The molecule has 0 saturated carbocycles. The van der Waals surface area contributed by atoms with E-state index in [-0.39, 0.29) is 12.6 Å². The van der Waals surface area contributed by atoms with Crippen molar-refractivity contribution < 1.29 is 13.5 Å². The van der Waals surface area contributed by atoms with Gasteiger partial charge in [-0.3, -0.25) is 0 Å². The smallest absolute Gasteiger partial charge is 0.243 e. The first-order valence-electron chi connectivity index (χ1n) is 7.17. The zero-order chi connectivity index (χ0) is 14.8. The van der Waals surface area contributed by atoms with Crippen molar-refractivity contribution in [3.63, 3.8) is 0 Å². The Bertz CT molecular complexity index is 568. The van der Waals surface area contributed by atoms with Crippen LogP contribution in [0, 0.1) is 13.8 Å². The molecule has 1 aromatic carbocycles. The van der Waals surface area contributed by atoms with Crippen LogP contribution in [0.2, 0.25) is 0 Å². The summed E-state index contributed by atoms with van der Waals surface area (Å²) in [7, 11) is -3.42. The lowest BCUT2D eigenvalue weighted by molar-refractivity contribution is 0.264. The van der Waals surface area contributed by atoms with Gasteiger partial charge in [-0.05, 0) is 56.7 Å². The highest BCUT2D eigenvalue weighted by Crippen LogP contribution is 2.30. The second-order valence-corrected chi connectivity index (χ2v) is 7.41. The van der Waals surface area contributed by atoms with Gasteiger partial charge >= 0.3 is 0 Å². The molecular formula is C15H23NO3S. The molecule has 0 radical (unpaired) electrons. The lowest BCUT2D eigenvalue weighted by atomic mass is 10.1. The molecule has 0 amide bonds. The molecule has 20 heavy (non-hydrogen) atoms. The predicted molar refractivity (Wildman–Crippen MR) is 79.1 cm³/mol. The number of nitrogens with zero attached hydrogens (tertiary/aromatic N) is 1. The lowest BCUT2D eigenvalue weighted by Gasteiger charge is -2.25. The van der Waals surface area contributed by atoms with Gasteiger partial charge in [-0.25, -0.2) is 8.42 Å². The van der Waals surface area contributed by atoms with Gasteiger partial charge in [-0.15, -0.1) is 0 Å². The molecule has 0 bridgehead atoms. The molecule has 1 unspecified atom stereocenters. The molecule has 1 fully saturated rings. The van der Waals surface area contributed by atoms with Crippen LogP contribution in [0.4, 0.5) is 0 Å². The van der Waals surface area contributed by atoms with Gasteiger partial charge in [0.2, 0.25) is 10.0 Å². The Labute approximate surface area is 121 Å². The number of sulfonamides is 1. The van der Waals surface area contributed by atoms with E-state index in [0.717, 1.165) is 30.4 Å². The van der Waals surface area contributed by atoms with Crippen LogP contribution < -0.4 is 0 Å². The zero-order valence-electron chi connectivity index (χ0n) is 12.2. The van der Waals surface area contributed by atoms with Crippen molar-refractivity contribution in [2.75, 3.05) is 13.2 Å². The van der Waals surface area contributed by atoms with Gasteiger partial charge in [-0.2, -0.15) is 4.31 Å². The summed E-state index contributed by atoms with van der Waals surface area (Å²) >= 11 is 0. The Balaban J connectivity index is 2.31.